The van der Waals surface area contributed by atoms with Gasteiger partial charge in [0.05, 0.1) is 6.42 Å². The van der Waals surface area contributed by atoms with Gasteiger partial charge in [-0.3, -0.25) is 9.88 Å². The Bertz CT molecular complexity index is 428. The van der Waals surface area contributed by atoms with Crippen LogP contribution in [0.15, 0.2) is 12.1 Å². The topological polar surface area (TPSA) is 49.3 Å². The molecule has 0 amide bonds. The van der Waals surface area contributed by atoms with Crippen molar-refractivity contribution in [3.63, 3.8) is 0 Å². The molecule has 7 heteroatoms. The molecule has 0 heterocycles. The first-order chi connectivity index (χ1) is 7.93. The number of carboxylic acid groups (broad SMARTS) is 1. The molecule has 0 aromatic heterocycles. The van der Waals surface area contributed by atoms with E-state index in [4.69, 9.17) is 5.11 Å². The summed E-state index contributed by atoms with van der Waals surface area (Å²) in [5.41, 5.74) is -0.0647. The number of hydrogen-bond acceptors (Lipinski definition) is 2. The standard InChI is InChI=1S/C10H11F3NO2P/c11-7-4-9(13)8(12)2-5(7)1-6(14-17)3-10(15)16/h2,4,6,14H,1,3,17H2,(H,15,16)/t6-/m1/s1. The van der Waals surface area contributed by atoms with Crippen LogP contribution in [-0.2, 0) is 11.2 Å². The fraction of sp³-hybridized carbons (Fsp3) is 0.300. The van der Waals surface area contributed by atoms with Crippen LogP contribution in [0.25, 0.3) is 0 Å². The summed E-state index contributed by atoms with van der Waals surface area (Å²) >= 11 is 0. The molecule has 2 N–H and O–H groups in total. The molecule has 0 saturated heterocycles. The Kier molecular flexibility index (Phi) is 4.90. The largest absolute Gasteiger partial charge is 0.481 e. The molecule has 0 bridgehead atoms. The summed E-state index contributed by atoms with van der Waals surface area (Å²) in [4.78, 5) is 10.5. The van der Waals surface area contributed by atoms with Crippen molar-refractivity contribution in [3.05, 3.63) is 35.1 Å². The van der Waals surface area contributed by atoms with Gasteiger partial charge in [-0.15, -0.1) is 0 Å². The summed E-state index contributed by atoms with van der Waals surface area (Å²) in [6.45, 7) is 0. The molecule has 0 fully saturated rings. The Morgan fingerprint density at radius 2 is 1.88 bits per heavy atom. The van der Waals surface area contributed by atoms with Gasteiger partial charge in [-0.05, 0) is 18.1 Å². The number of aliphatic carboxylic acids is 1. The molecule has 0 aliphatic carbocycles. The first-order valence-electron chi connectivity index (χ1n) is 4.75. The zero-order valence-corrected chi connectivity index (χ0v) is 9.87. The summed E-state index contributed by atoms with van der Waals surface area (Å²) in [5.74, 6) is -4.37. The lowest BCUT2D eigenvalue weighted by atomic mass is 10.0. The molecule has 0 spiro atoms. The molecule has 1 aromatic rings. The number of hydrogen-bond donors (Lipinski definition) is 2. The van der Waals surface area contributed by atoms with Crippen LogP contribution < -0.4 is 5.09 Å². The van der Waals surface area contributed by atoms with Crippen LogP contribution in [0.3, 0.4) is 0 Å². The van der Waals surface area contributed by atoms with Crippen molar-refractivity contribution in [1.29, 1.82) is 0 Å². The minimum atomic E-state index is -1.26. The van der Waals surface area contributed by atoms with E-state index < -0.39 is 29.5 Å². The fourth-order valence-corrected chi connectivity index (χ4v) is 1.62. The van der Waals surface area contributed by atoms with Crippen molar-refractivity contribution in [3.8, 4) is 0 Å². The Balaban J connectivity index is 2.86. The number of nitrogens with one attached hydrogen (secondary N) is 1. The van der Waals surface area contributed by atoms with Crippen LogP contribution in [0.5, 0.6) is 0 Å². The van der Waals surface area contributed by atoms with Crippen LogP contribution in [-0.4, -0.2) is 17.1 Å². The molecule has 17 heavy (non-hydrogen) atoms. The van der Waals surface area contributed by atoms with E-state index in [9.17, 15) is 18.0 Å². The van der Waals surface area contributed by atoms with E-state index in [2.05, 4.69) is 14.5 Å². The minimum absolute atomic E-state index is 0.0428. The van der Waals surface area contributed by atoms with E-state index in [1.54, 1.807) is 0 Å². The highest BCUT2D eigenvalue weighted by molar-refractivity contribution is 7.13. The summed E-state index contributed by atoms with van der Waals surface area (Å²) in [5, 5.41) is 11.2. The van der Waals surface area contributed by atoms with Crippen molar-refractivity contribution < 1.29 is 23.1 Å². The second kappa shape index (κ2) is 5.98. The molecule has 0 aliphatic rings. The third-order valence-corrected chi connectivity index (χ3v) is 2.68. The average molecular weight is 265 g/mol. The number of carboxylic acids is 1. The van der Waals surface area contributed by atoms with Crippen LogP contribution in [0.1, 0.15) is 12.0 Å². The lowest BCUT2D eigenvalue weighted by molar-refractivity contribution is -0.137. The van der Waals surface area contributed by atoms with Gasteiger partial charge in [0.25, 0.3) is 0 Å². The van der Waals surface area contributed by atoms with E-state index in [0.717, 1.165) is 6.07 Å². The van der Waals surface area contributed by atoms with Crippen LogP contribution in [0.4, 0.5) is 13.2 Å². The van der Waals surface area contributed by atoms with Crippen molar-refractivity contribution in [2.75, 3.05) is 0 Å². The van der Waals surface area contributed by atoms with E-state index in [1.807, 2.05) is 0 Å². The third-order valence-electron chi connectivity index (χ3n) is 2.21. The van der Waals surface area contributed by atoms with E-state index in [1.165, 1.54) is 0 Å². The van der Waals surface area contributed by atoms with Gasteiger partial charge in [-0.2, -0.15) is 0 Å². The lowest BCUT2D eigenvalue weighted by Crippen LogP contribution is -2.26. The maximum atomic E-state index is 13.3. The Morgan fingerprint density at radius 1 is 1.29 bits per heavy atom. The minimum Gasteiger partial charge on any atom is -0.481 e. The summed E-state index contributed by atoms with van der Waals surface area (Å²) in [6.07, 6.45) is -0.291. The normalized spacial score (nSPS) is 12.5. The van der Waals surface area contributed by atoms with Crippen LogP contribution in [0, 0.1) is 17.5 Å². The van der Waals surface area contributed by atoms with Gasteiger partial charge in [0, 0.05) is 12.1 Å². The van der Waals surface area contributed by atoms with Gasteiger partial charge < -0.3 is 5.11 Å². The molecule has 94 valence electrons. The first-order valence-corrected chi connectivity index (χ1v) is 5.33. The maximum absolute atomic E-state index is 13.3. The predicted molar refractivity (Wildman–Crippen MR) is 58.9 cm³/mol. The second-order valence-electron chi connectivity index (χ2n) is 3.52. The SMILES string of the molecule is O=C(O)C[C@@H](Cc1cc(F)c(F)cc1F)NP. The quantitative estimate of drug-likeness (QED) is 0.631. The third kappa shape index (κ3) is 3.98. The highest BCUT2D eigenvalue weighted by atomic mass is 31.0. The van der Waals surface area contributed by atoms with E-state index >= 15 is 0 Å². The number of halogens is 3. The van der Waals surface area contributed by atoms with Gasteiger partial charge in [-0.1, -0.05) is 9.39 Å². The van der Waals surface area contributed by atoms with Crippen molar-refractivity contribution in [1.82, 2.24) is 5.09 Å². The maximum Gasteiger partial charge on any atom is 0.304 e. The van der Waals surface area contributed by atoms with Crippen LogP contribution >= 0.6 is 9.39 Å². The second-order valence-corrected chi connectivity index (χ2v) is 3.86. The van der Waals surface area contributed by atoms with Gasteiger partial charge >= 0.3 is 5.97 Å². The average Bonchev–Trinajstić information content (AvgIpc) is 2.24. The Morgan fingerprint density at radius 3 is 2.41 bits per heavy atom. The first kappa shape index (κ1) is 13.9. The highest BCUT2D eigenvalue weighted by Gasteiger charge is 2.16. The number of rotatable bonds is 5. The fourth-order valence-electron chi connectivity index (χ4n) is 1.39. The molecule has 1 aromatic carbocycles. The molecule has 1 unspecified atom stereocenters. The van der Waals surface area contributed by atoms with E-state index in [0.29, 0.717) is 6.07 Å². The lowest BCUT2D eigenvalue weighted by Gasteiger charge is -2.14. The smallest absolute Gasteiger partial charge is 0.304 e. The summed E-state index contributed by atoms with van der Waals surface area (Å²) in [7, 11) is 2.11. The molecule has 0 aliphatic heterocycles. The van der Waals surface area contributed by atoms with Crippen molar-refractivity contribution in [2.45, 2.75) is 18.9 Å². The van der Waals surface area contributed by atoms with Crippen molar-refractivity contribution >= 4 is 15.4 Å². The Hall–Kier alpha value is -1.13. The van der Waals surface area contributed by atoms with Gasteiger partial charge in [0.15, 0.2) is 11.6 Å². The molecular formula is C10H11F3NO2P. The zero-order chi connectivity index (χ0) is 13.0. The van der Waals surface area contributed by atoms with Crippen LogP contribution in [0.2, 0.25) is 0 Å². The predicted octanol–water partition coefficient (Wildman–Crippen LogP) is 1.87. The van der Waals surface area contributed by atoms with Gasteiger partial charge in [-0.25, -0.2) is 13.2 Å². The molecule has 3 nitrogen and oxygen atoms in total. The van der Waals surface area contributed by atoms with E-state index in [-0.39, 0.29) is 18.4 Å². The van der Waals surface area contributed by atoms with Gasteiger partial charge in [0.1, 0.15) is 5.82 Å². The number of carbonyl (C=O) groups is 1. The zero-order valence-electron chi connectivity index (χ0n) is 8.71. The summed E-state index contributed by atoms with van der Waals surface area (Å²) < 4.78 is 38.8. The highest BCUT2D eigenvalue weighted by Crippen LogP contribution is 2.16. The monoisotopic (exact) mass is 265 g/mol. The molecule has 2 atom stereocenters. The Labute approximate surface area is 98.3 Å². The molecule has 0 saturated carbocycles. The number of benzene rings is 1. The van der Waals surface area contributed by atoms with Crippen molar-refractivity contribution in [2.24, 2.45) is 0 Å². The molecule has 1 rings (SSSR count). The van der Waals surface area contributed by atoms with Gasteiger partial charge in [0.2, 0.25) is 0 Å². The molecular weight excluding hydrogens is 254 g/mol. The summed E-state index contributed by atoms with van der Waals surface area (Å²) in [6, 6.07) is 0.615. The molecule has 0 radical (unpaired) electrons.